The highest BCUT2D eigenvalue weighted by molar-refractivity contribution is 7.15. The quantitative estimate of drug-likeness (QED) is 0.548. The van der Waals surface area contributed by atoms with E-state index in [0.717, 1.165) is 11.5 Å². The van der Waals surface area contributed by atoms with Gasteiger partial charge in [-0.3, -0.25) is 5.43 Å². The first-order chi connectivity index (χ1) is 7.26. The van der Waals surface area contributed by atoms with Gasteiger partial charge in [0.1, 0.15) is 0 Å². The van der Waals surface area contributed by atoms with Crippen LogP contribution in [0, 0.1) is 0 Å². The normalized spacial score (nSPS) is 12.7. The summed E-state index contributed by atoms with van der Waals surface area (Å²) in [4.78, 5) is 5.09. The lowest BCUT2D eigenvalue weighted by molar-refractivity contribution is -0.0108. The van der Waals surface area contributed by atoms with Crippen LogP contribution in [0.2, 0.25) is 0 Å². The molecule has 0 saturated heterocycles. The van der Waals surface area contributed by atoms with Gasteiger partial charge < -0.3 is 9.47 Å². The Balaban J connectivity index is 2.24. The number of hydrogen-bond donors (Lipinski definition) is 2. The Labute approximate surface area is 93.6 Å². The van der Waals surface area contributed by atoms with Gasteiger partial charge in [0.05, 0.1) is 24.2 Å². The van der Waals surface area contributed by atoms with Gasteiger partial charge in [-0.15, -0.1) is 0 Å². The van der Waals surface area contributed by atoms with E-state index in [9.17, 15) is 0 Å². The summed E-state index contributed by atoms with van der Waals surface area (Å²) in [6.45, 7) is 5.84. The Morgan fingerprint density at radius 2 is 2.47 bits per heavy atom. The van der Waals surface area contributed by atoms with Crippen LogP contribution in [0.1, 0.15) is 18.7 Å². The van der Waals surface area contributed by atoms with E-state index >= 15 is 0 Å². The van der Waals surface area contributed by atoms with Gasteiger partial charge in [-0.05, 0) is 13.8 Å². The Morgan fingerprint density at radius 3 is 3.07 bits per heavy atom. The molecule has 0 amide bonds. The lowest BCUT2D eigenvalue weighted by atomic mass is 10.4. The van der Waals surface area contributed by atoms with Crippen molar-refractivity contribution in [2.24, 2.45) is 5.84 Å². The fraction of sp³-hybridized carbons (Fsp3) is 0.667. The summed E-state index contributed by atoms with van der Waals surface area (Å²) in [5, 5.41) is 0.700. The predicted molar refractivity (Wildman–Crippen MR) is 60.7 cm³/mol. The number of hydrogen-bond acceptors (Lipinski definition) is 6. The maximum atomic E-state index is 5.56. The molecule has 0 aromatic carbocycles. The molecule has 0 saturated carbocycles. The van der Waals surface area contributed by atoms with Gasteiger partial charge in [-0.2, -0.15) is 0 Å². The molecular weight excluding hydrogens is 214 g/mol. The van der Waals surface area contributed by atoms with Crippen molar-refractivity contribution in [1.82, 2.24) is 4.98 Å². The minimum absolute atomic E-state index is 0.0985. The molecule has 1 atom stereocenters. The van der Waals surface area contributed by atoms with Crippen LogP contribution in [-0.4, -0.2) is 24.3 Å². The highest BCUT2D eigenvalue weighted by atomic mass is 32.1. The van der Waals surface area contributed by atoms with Gasteiger partial charge in [-0.25, -0.2) is 10.8 Å². The summed E-state index contributed by atoms with van der Waals surface area (Å²) in [6.07, 6.45) is 1.86. The first kappa shape index (κ1) is 12.4. The van der Waals surface area contributed by atoms with Gasteiger partial charge in [0.25, 0.3) is 0 Å². The highest BCUT2D eigenvalue weighted by Gasteiger charge is 2.05. The molecule has 0 bridgehead atoms. The standard InChI is InChI=1S/C9H17N3O2S/c1-3-13-5-7(2)14-6-8-4-11-9(12-10)15-8/h4,7H,3,5-6,10H2,1-2H3,(H,11,12). The monoisotopic (exact) mass is 231 g/mol. The number of hydrazine groups is 1. The van der Waals surface area contributed by atoms with Crippen LogP contribution in [0.15, 0.2) is 6.20 Å². The van der Waals surface area contributed by atoms with Gasteiger partial charge in [-0.1, -0.05) is 11.3 Å². The molecule has 1 aromatic heterocycles. The van der Waals surface area contributed by atoms with Crippen molar-refractivity contribution in [2.75, 3.05) is 18.6 Å². The van der Waals surface area contributed by atoms with Crippen molar-refractivity contribution in [3.8, 4) is 0 Å². The van der Waals surface area contributed by atoms with Crippen LogP contribution in [0.25, 0.3) is 0 Å². The van der Waals surface area contributed by atoms with Crippen LogP contribution in [-0.2, 0) is 16.1 Å². The molecule has 1 unspecified atom stereocenters. The lowest BCUT2D eigenvalue weighted by Gasteiger charge is -2.11. The average Bonchev–Trinajstić information content (AvgIpc) is 2.71. The Bertz CT molecular complexity index is 280. The fourth-order valence-corrected chi connectivity index (χ4v) is 1.64. The fourth-order valence-electron chi connectivity index (χ4n) is 0.997. The molecule has 86 valence electrons. The van der Waals surface area contributed by atoms with Gasteiger partial charge in [0.2, 0.25) is 0 Å². The van der Waals surface area contributed by atoms with E-state index in [2.05, 4.69) is 10.4 Å². The number of anilines is 1. The van der Waals surface area contributed by atoms with Crippen molar-refractivity contribution in [1.29, 1.82) is 0 Å². The van der Waals surface area contributed by atoms with Crippen molar-refractivity contribution >= 4 is 16.5 Å². The number of thiazole rings is 1. The third kappa shape index (κ3) is 4.57. The molecule has 1 rings (SSSR count). The lowest BCUT2D eigenvalue weighted by Crippen LogP contribution is -2.15. The second-order valence-corrected chi connectivity index (χ2v) is 4.17. The molecule has 0 aliphatic heterocycles. The Hall–Kier alpha value is -0.690. The van der Waals surface area contributed by atoms with E-state index in [1.54, 1.807) is 6.20 Å². The van der Waals surface area contributed by atoms with Crippen LogP contribution in [0.5, 0.6) is 0 Å². The first-order valence-corrected chi connectivity index (χ1v) is 5.68. The van der Waals surface area contributed by atoms with Crippen molar-refractivity contribution < 1.29 is 9.47 Å². The third-order valence-corrected chi connectivity index (χ3v) is 2.65. The molecule has 0 radical (unpaired) electrons. The van der Waals surface area contributed by atoms with Gasteiger partial charge in [0.15, 0.2) is 5.13 Å². The molecule has 6 heteroatoms. The molecule has 3 N–H and O–H groups in total. The summed E-state index contributed by atoms with van der Waals surface area (Å²) < 4.78 is 10.8. The topological polar surface area (TPSA) is 69.4 Å². The zero-order valence-electron chi connectivity index (χ0n) is 9.03. The number of nitrogen functional groups attached to an aromatic ring is 1. The summed E-state index contributed by atoms with van der Waals surface area (Å²) in [5.74, 6) is 5.22. The smallest absolute Gasteiger partial charge is 0.197 e. The van der Waals surface area contributed by atoms with E-state index in [1.165, 1.54) is 11.3 Å². The zero-order chi connectivity index (χ0) is 11.1. The Kier molecular flexibility index (Phi) is 5.56. The van der Waals surface area contributed by atoms with Gasteiger partial charge in [0, 0.05) is 12.8 Å². The Morgan fingerprint density at radius 1 is 1.67 bits per heavy atom. The van der Waals surface area contributed by atoms with Crippen molar-refractivity contribution in [3.63, 3.8) is 0 Å². The predicted octanol–water partition coefficient (Wildman–Crippen LogP) is 1.37. The van der Waals surface area contributed by atoms with Crippen LogP contribution < -0.4 is 11.3 Å². The van der Waals surface area contributed by atoms with Crippen LogP contribution in [0.4, 0.5) is 5.13 Å². The SMILES string of the molecule is CCOCC(C)OCc1cnc(NN)s1. The largest absolute Gasteiger partial charge is 0.379 e. The second kappa shape index (κ2) is 6.73. The van der Waals surface area contributed by atoms with Crippen molar-refractivity contribution in [2.45, 2.75) is 26.6 Å². The minimum Gasteiger partial charge on any atom is -0.379 e. The first-order valence-electron chi connectivity index (χ1n) is 4.87. The van der Waals surface area contributed by atoms with E-state index in [1.807, 2.05) is 13.8 Å². The van der Waals surface area contributed by atoms with E-state index in [0.29, 0.717) is 18.3 Å². The maximum absolute atomic E-state index is 5.56. The molecule has 5 nitrogen and oxygen atoms in total. The number of nitrogens with one attached hydrogen (secondary N) is 1. The number of nitrogens with two attached hydrogens (primary N) is 1. The summed E-state index contributed by atoms with van der Waals surface area (Å²) >= 11 is 1.49. The number of rotatable bonds is 7. The minimum atomic E-state index is 0.0985. The molecule has 1 aromatic rings. The summed E-state index contributed by atoms with van der Waals surface area (Å²) in [5.41, 5.74) is 2.50. The molecule has 0 aliphatic carbocycles. The van der Waals surface area contributed by atoms with Crippen LogP contribution >= 0.6 is 11.3 Å². The molecule has 1 heterocycles. The second-order valence-electron chi connectivity index (χ2n) is 3.06. The molecule has 0 aliphatic rings. The number of ether oxygens (including phenoxy) is 2. The van der Waals surface area contributed by atoms with Crippen LogP contribution in [0.3, 0.4) is 0 Å². The molecular formula is C9H17N3O2S. The van der Waals surface area contributed by atoms with E-state index in [4.69, 9.17) is 15.3 Å². The number of aromatic nitrogens is 1. The molecule has 15 heavy (non-hydrogen) atoms. The van der Waals surface area contributed by atoms with E-state index in [-0.39, 0.29) is 6.10 Å². The zero-order valence-corrected chi connectivity index (χ0v) is 9.84. The number of nitrogens with zero attached hydrogens (tertiary/aromatic N) is 1. The summed E-state index contributed by atoms with van der Waals surface area (Å²) in [6, 6.07) is 0. The van der Waals surface area contributed by atoms with Crippen molar-refractivity contribution in [3.05, 3.63) is 11.1 Å². The summed E-state index contributed by atoms with van der Waals surface area (Å²) in [7, 11) is 0. The van der Waals surface area contributed by atoms with Gasteiger partial charge >= 0.3 is 0 Å². The average molecular weight is 231 g/mol. The third-order valence-electron chi connectivity index (χ3n) is 1.74. The molecule has 0 fully saturated rings. The highest BCUT2D eigenvalue weighted by Crippen LogP contribution is 2.17. The van der Waals surface area contributed by atoms with E-state index < -0.39 is 0 Å². The maximum Gasteiger partial charge on any atom is 0.197 e. The molecule has 0 spiro atoms.